The summed E-state index contributed by atoms with van der Waals surface area (Å²) in [5.41, 5.74) is 10.9. The first kappa shape index (κ1) is 33.2. The fourth-order valence-electron chi connectivity index (χ4n) is 3.71. The molecule has 11 heteroatoms. The average Bonchev–Trinajstić information content (AvgIpc) is 3.21. The first-order valence-corrected chi connectivity index (χ1v) is 12.7. The van der Waals surface area contributed by atoms with Crippen LogP contribution < -0.4 is 22.1 Å². The zero-order chi connectivity index (χ0) is 28.9. The monoisotopic (exact) mass is 585 g/mol. The fourth-order valence-corrected chi connectivity index (χ4v) is 4.13. The van der Waals surface area contributed by atoms with E-state index >= 15 is 0 Å². The molecular weight excluding hydrogens is 555 g/mol. The number of nitrogens with two attached hydrogens (primary N) is 2. The Morgan fingerprint density at radius 2 is 1.84 bits per heavy atom. The van der Waals surface area contributed by atoms with Crippen LogP contribution in [0, 0.1) is 34.3 Å². The molecule has 1 heterocycles. The highest BCUT2D eigenvalue weighted by Gasteiger charge is 2.39. The van der Waals surface area contributed by atoms with Crippen LogP contribution >= 0.6 is 34.8 Å². The van der Waals surface area contributed by atoms with Crippen LogP contribution in [0.1, 0.15) is 38.7 Å². The van der Waals surface area contributed by atoms with Crippen molar-refractivity contribution in [3.8, 4) is 6.07 Å². The lowest BCUT2D eigenvalue weighted by Gasteiger charge is -2.26. The topological polar surface area (TPSA) is 117 Å². The Labute approximate surface area is 237 Å². The fraction of sp³-hybridized carbons (Fsp3) is 0.333. The second-order valence-electron chi connectivity index (χ2n) is 9.56. The maximum absolute atomic E-state index is 14.2. The van der Waals surface area contributed by atoms with Crippen LogP contribution in [0.2, 0.25) is 10.0 Å². The lowest BCUT2D eigenvalue weighted by atomic mass is 9.79. The van der Waals surface area contributed by atoms with Crippen molar-refractivity contribution in [2.75, 3.05) is 6.54 Å². The van der Waals surface area contributed by atoms with Crippen molar-refractivity contribution < 1.29 is 13.6 Å². The Morgan fingerprint density at radius 1 is 1.18 bits per heavy atom. The van der Waals surface area contributed by atoms with E-state index in [1.54, 1.807) is 24.3 Å². The second-order valence-corrected chi connectivity index (χ2v) is 10.8. The minimum absolute atomic E-state index is 0.100. The van der Waals surface area contributed by atoms with Gasteiger partial charge in [-0.05, 0) is 53.8 Å². The summed E-state index contributed by atoms with van der Waals surface area (Å²) in [6.45, 7) is 7.07. The normalized spacial score (nSPS) is 19.3. The van der Waals surface area contributed by atoms with Gasteiger partial charge in [0.25, 0.3) is 0 Å². The molecule has 206 valence electrons. The van der Waals surface area contributed by atoms with Gasteiger partial charge in [-0.25, -0.2) is 8.78 Å². The minimum atomic E-state index is -0.391. The smallest absolute Gasteiger partial charge is 0.212 e. The van der Waals surface area contributed by atoms with E-state index in [1.807, 2.05) is 0 Å². The van der Waals surface area contributed by atoms with E-state index in [-0.39, 0.29) is 45.1 Å². The van der Waals surface area contributed by atoms with Crippen molar-refractivity contribution in [3.05, 3.63) is 92.8 Å². The zero-order valence-corrected chi connectivity index (χ0v) is 23.6. The molecule has 0 radical (unpaired) electrons. The number of carbonyl (C=O) groups is 1. The molecule has 0 aromatic heterocycles. The van der Waals surface area contributed by atoms with Crippen molar-refractivity contribution in [2.45, 2.75) is 39.2 Å². The first-order chi connectivity index (χ1) is 17.8. The molecule has 3 atom stereocenters. The van der Waals surface area contributed by atoms with Crippen LogP contribution in [0.3, 0.4) is 0 Å². The summed E-state index contributed by atoms with van der Waals surface area (Å²) in [6.07, 6.45) is 4.11. The summed E-state index contributed by atoms with van der Waals surface area (Å²) in [5.74, 6) is -0.845. The number of carbonyl (C=O) groups excluding carboxylic acids is 1. The van der Waals surface area contributed by atoms with E-state index < -0.39 is 5.82 Å². The van der Waals surface area contributed by atoms with Gasteiger partial charge in [-0.2, -0.15) is 5.26 Å². The molecule has 2 aromatic rings. The maximum Gasteiger partial charge on any atom is 0.212 e. The Hall–Kier alpha value is -2.83. The van der Waals surface area contributed by atoms with Crippen LogP contribution in [0.4, 0.5) is 8.78 Å². The molecule has 0 aliphatic carbocycles. The molecule has 1 fully saturated rings. The van der Waals surface area contributed by atoms with E-state index in [9.17, 15) is 18.8 Å². The van der Waals surface area contributed by atoms with Gasteiger partial charge >= 0.3 is 0 Å². The average molecular weight is 587 g/mol. The predicted molar refractivity (Wildman–Crippen MR) is 150 cm³/mol. The molecular formula is C27H32Cl3F2N5O. The van der Waals surface area contributed by atoms with Crippen molar-refractivity contribution in [1.82, 2.24) is 10.6 Å². The van der Waals surface area contributed by atoms with Crippen molar-refractivity contribution >= 4 is 41.2 Å². The Morgan fingerprint density at radius 3 is 2.34 bits per heavy atom. The van der Waals surface area contributed by atoms with Gasteiger partial charge in [-0.1, -0.05) is 73.8 Å². The van der Waals surface area contributed by atoms with E-state index in [2.05, 4.69) is 37.5 Å². The Kier molecular flexibility index (Phi) is 14.2. The van der Waals surface area contributed by atoms with Crippen LogP contribution in [0.5, 0.6) is 0 Å². The number of nitrogens with one attached hydrogen (secondary N) is 2. The summed E-state index contributed by atoms with van der Waals surface area (Å²) in [6, 6.07) is 13.3. The van der Waals surface area contributed by atoms with Gasteiger partial charge in [0, 0.05) is 23.5 Å². The number of nitriles is 1. The van der Waals surface area contributed by atoms with E-state index in [1.165, 1.54) is 30.4 Å². The third-order valence-corrected chi connectivity index (χ3v) is 5.92. The molecule has 1 saturated heterocycles. The highest BCUT2D eigenvalue weighted by atomic mass is 35.5. The lowest BCUT2D eigenvalue weighted by molar-refractivity contribution is -0.108. The molecule has 38 heavy (non-hydrogen) atoms. The van der Waals surface area contributed by atoms with Gasteiger partial charge < -0.3 is 22.1 Å². The molecule has 1 amide bonds. The largest absolute Gasteiger partial charge is 0.389 e. The number of halogens is 5. The molecule has 1 aliphatic heterocycles. The van der Waals surface area contributed by atoms with Gasteiger partial charge in [0.1, 0.15) is 17.5 Å². The van der Waals surface area contributed by atoms with Crippen molar-refractivity contribution in [1.29, 1.82) is 5.26 Å². The zero-order valence-electron chi connectivity index (χ0n) is 21.3. The summed E-state index contributed by atoms with van der Waals surface area (Å²) >= 11 is 16.5. The Balaban J connectivity index is 0.000000333. The van der Waals surface area contributed by atoms with Crippen LogP contribution in [-0.4, -0.2) is 19.0 Å². The number of amides is 1. The number of hydrogen-bond acceptors (Lipinski definition) is 5. The molecule has 1 aliphatic rings. The highest BCUT2D eigenvalue weighted by molar-refractivity contribution is 6.31. The molecule has 3 unspecified atom stereocenters. The standard InChI is InChI=1S/C16H20ClFN2.C6H4ClF.C5H8ClN3O/c1-16(2,3)7-14-11(8-19)12(9-20-14)10-5-4-6-13(17)15(10)18;7-5-2-1-3-6(8)4-5;6-4(7)1-2-5(8)9-3-10/h4-6,11-12,14,20H,7,9H2,1-3H3;1-4H;1-3H,7-8H2,(H,9,10)/b;;4-1-,5-2+. The number of nitrogens with zero attached hydrogens (tertiary/aromatic N) is 1. The number of rotatable bonds is 5. The van der Waals surface area contributed by atoms with E-state index in [4.69, 9.17) is 46.3 Å². The number of allylic oxidation sites excluding steroid dienone is 2. The summed E-state index contributed by atoms with van der Waals surface area (Å²) in [4.78, 5) is 9.74. The van der Waals surface area contributed by atoms with Gasteiger partial charge in [-0.15, -0.1) is 0 Å². The van der Waals surface area contributed by atoms with Crippen LogP contribution in [-0.2, 0) is 4.79 Å². The molecule has 6 nitrogen and oxygen atoms in total. The van der Waals surface area contributed by atoms with Gasteiger partial charge in [0.15, 0.2) is 0 Å². The Bertz CT molecular complexity index is 1140. The molecule has 0 spiro atoms. The third kappa shape index (κ3) is 12.1. The molecule has 0 saturated carbocycles. The summed E-state index contributed by atoms with van der Waals surface area (Å²) in [5, 5.41) is 15.7. The van der Waals surface area contributed by atoms with Crippen molar-refractivity contribution in [3.63, 3.8) is 0 Å². The van der Waals surface area contributed by atoms with Crippen LogP contribution in [0.25, 0.3) is 0 Å². The SMILES string of the molecule is CC(C)(C)CC1NCC(c2cccc(Cl)c2F)C1C#N.Fc1cccc(Cl)c1.N/C(Cl)=C\C=C(/N)NC=O. The first-order valence-electron chi connectivity index (χ1n) is 11.6. The lowest BCUT2D eigenvalue weighted by Crippen LogP contribution is -2.31. The van der Waals surface area contributed by atoms with Crippen LogP contribution in [0.15, 0.2) is 65.6 Å². The molecule has 0 bridgehead atoms. The predicted octanol–water partition coefficient (Wildman–Crippen LogP) is 6.16. The highest BCUT2D eigenvalue weighted by Crippen LogP contribution is 2.38. The van der Waals surface area contributed by atoms with Gasteiger partial charge in [0.05, 0.1) is 22.2 Å². The van der Waals surface area contributed by atoms with Crippen molar-refractivity contribution in [2.24, 2.45) is 22.8 Å². The molecule has 3 rings (SSSR count). The molecule has 6 N–H and O–H groups in total. The van der Waals surface area contributed by atoms with Gasteiger partial charge in [-0.3, -0.25) is 4.79 Å². The summed E-state index contributed by atoms with van der Waals surface area (Å²) < 4.78 is 26.2. The summed E-state index contributed by atoms with van der Waals surface area (Å²) in [7, 11) is 0. The third-order valence-electron chi connectivity index (χ3n) is 5.26. The number of benzene rings is 2. The quantitative estimate of drug-likeness (QED) is 0.190. The van der Waals surface area contributed by atoms with Gasteiger partial charge in [0.2, 0.25) is 6.41 Å². The minimum Gasteiger partial charge on any atom is -0.389 e. The number of hydrogen-bond donors (Lipinski definition) is 4. The molecule has 2 aromatic carbocycles. The van der Waals surface area contributed by atoms with E-state index in [0.29, 0.717) is 23.5 Å². The second kappa shape index (κ2) is 16.2. The van der Waals surface area contributed by atoms with E-state index in [0.717, 1.165) is 6.42 Å². The maximum atomic E-state index is 14.2.